The number of benzene rings is 11. The van der Waals surface area contributed by atoms with Gasteiger partial charge >= 0.3 is 0 Å². The number of hydrogen-bond acceptors (Lipinski definition) is 2. The van der Waals surface area contributed by atoms with Crippen LogP contribution in [-0.2, 0) is 0 Å². The molecule has 0 unspecified atom stereocenters. The fourth-order valence-electron chi connectivity index (χ4n) is 10.3. The van der Waals surface area contributed by atoms with Gasteiger partial charge < -0.3 is 13.9 Å². The van der Waals surface area contributed by atoms with Crippen molar-refractivity contribution in [1.82, 2.24) is 4.57 Å². The van der Waals surface area contributed by atoms with Gasteiger partial charge in [-0.3, -0.25) is 0 Å². The van der Waals surface area contributed by atoms with Gasteiger partial charge in [-0.2, -0.15) is 0 Å². The topological polar surface area (TPSA) is 21.3 Å². The summed E-state index contributed by atoms with van der Waals surface area (Å²) < 4.78 is 8.88. The molecule has 0 aliphatic carbocycles. The minimum Gasteiger partial charge on any atom is -0.455 e. The Morgan fingerprint density at radius 2 is 0.761 bits per heavy atom. The van der Waals surface area contributed by atoms with E-state index in [1.165, 1.54) is 55.0 Å². The van der Waals surface area contributed by atoms with Crippen molar-refractivity contribution in [3.8, 4) is 50.2 Å². The Bertz CT molecular complexity index is 3910. The zero-order chi connectivity index (χ0) is 44.3. The van der Waals surface area contributed by atoms with Gasteiger partial charge in [-0.15, -0.1) is 0 Å². The van der Waals surface area contributed by atoms with Crippen molar-refractivity contribution in [3.63, 3.8) is 0 Å². The summed E-state index contributed by atoms with van der Waals surface area (Å²) in [5, 5.41) is 7.22. The lowest BCUT2D eigenvalue weighted by molar-refractivity contribution is 0.670. The van der Waals surface area contributed by atoms with Crippen molar-refractivity contribution >= 4 is 71.6 Å². The summed E-state index contributed by atoms with van der Waals surface area (Å²) in [7, 11) is 0. The van der Waals surface area contributed by atoms with Crippen LogP contribution in [0, 0.1) is 0 Å². The van der Waals surface area contributed by atoms with Gasteiger partial charge in [0.15, 0.2) is 0 Å². The molecule has 13 aromatic rings. The van der Waals surface area contributed by atoms with E-state index < -0.39 is 0 Å². The first kappa shape index (κ1) is 38.5. The molecule has 0 radical (unpaired) electrons. The molecule has 3 nitrogen and oxygen atoms in total. The van der Waals surface area contributed by atoms with Crippen molar-refractivity contribution in [2.45, 2.75) is 0 Å². The first-order valence-corrected chi connectivity index (χ1v) is 22.9. The minimum absolute atomic E-state index is 0.901. The molecular weight excluding hydrogens is 813 g/mol. The van der Waals surface area contributed by atoms with E-state index in [0.717, 1.165) is 66.8 Å². The van der Waals surface area contributed by atoms with Gasteiger partial charge in [0.25, 0.3) is 0 Å². The van der Waals surface area contributed by atoms with Crippen molar-refractivity contribution in [2.75, 3.05) is 4.90 Å². The van der Waals surface area contributed by atoms with Gasteiger partial charge in [0.1, 0.15) is 11.2 Å². The molecule has 3 heteroatoms. The fraction of sp³-hybridized carbons (Fsp3) is 0. The van der Waals surface area contributed by atoms with Gasteiger partial charge in [-0.05, 0) is 93.2 Å². The summed E-state index contributed by atoms with van der Waals surface area (Å²) >= 11 is 0. The molecule has 0 fully saturated rings. The summed E-state index contributed by atoms with van der Waals surface area (Å²) in [5.41, 5.74) is 17.8. The third kappa shape index (κ3) is 6.51. The number of anilines is 3. The maximum atomic E-state index is 6.47. The highest BCUT2D eigenvalue weighted by Gasteiger charge is 2.20. The van der Waals surface area contributed by atoms with Gasteiger partial charge in [-0.1, -0.05) is 200 Å². The second-order valence-electron chi connectivity index (χ2n) is 17.2. The van der Waals surface area contributed by atoms with Crippen molar-refractivity contribution in [3.05, 3.63) is 255 Å². The number of hydrogen-bond donors (Lipinski definition) is 0. The number of fused-ring (bicyclic) bond motifs is 7. The van der Waals surface area contributed by atoms with Gasteiger partial charge in [0.2, 0.25) is 0 Å². The molecule has 0 atom stereocenters. The van der Waals surface area contributed by atoms with Gasteiger partial charge in [0.05, 0.1) is 22.4 Å². The molecule has 67 heavy (non-hydrogen) atoms. The van der Waals surface area contributed by atoms with E-state index in [2.05, 4.69) is 252 Å². The van der Waals surface area contributed by atoms with Crippen LogP contribution in [0.1, 0.15) is 0 Å². The Labute approximate surface area is 388 Å². The molecule has 314 valence electrons. The Morgan fingerprint density at radius 1 is 0.299 bits per heavy atom. The summed E-state index contributed by atoms with van der Waals surface area (Å²) in [6.45, 7) is 0. The number of rotatable bonds is 8. The van der Waals surface area contributed by atoms with E-state index >= 15 is 0 Å². The molecule has 0 aliphatic rings. The molecule has 0 saturated heterocycles. The quantitative estimate of drug-likeness (QED) is 0.152. The highest BCUT2D eigenvalue weighted by atomic mass is 16.3. The van der Waals surface area contributed by atoms with E-state index in [-0.39, 0.29) is 0 Å². The lowest BCUT2D eigenvalue weighted by Gasteiger charge is -2.28. The molecule has 2 heterocycles. The van der Waals surface area contributed by atoms with E-state index in [0.29, 0.717) is 0 Å². The summed E-state index contributed by atoms with van der Waals surface area (Å²) in [5.74, 6) is 0. The lowest BCUT2D eigenvalue weighted by Crippen LogP contribution is -2.11. The molecule has 11 aromatic carbocycles. The molecule has 0 amide bonds. The highest BCUT2D eigenvalue weighted by molar-refractivity contribution is 6.11. The van der Waals surface area contributed by atoms with Crippen molar-refractivity contribution in [2.24, 2.45) is 0 Å². The normalized spacial score (nSPS) is 11.6. The number of aromatic nitrogens is 1. The highest BCUT2D eigenvalue weighted by Crippen LogP contribution is 2.45. The molecule has 0 spiro atoms. The smallest absolute Gasteiger partial charge is 0.143 e. The third-order valence-electron chi connectivity index (χ3n) is 13.4. The van der Waals surface area contributed by atoms with E-state index in [9.17, 15) is 0 Å². The molecule has 13 rings (SSSR count). The number of furan rings is 1. The minimum atomic E-state index is 0.901. The van der Waals surface area contributed by atoms with Crippen LogP contribution in [0.25, 0.3) is 105 Å². The zero-order valence-corrected chi connectivity index (χ0v) is 36.6. The Kier molecular flexibility index (Phi) is 9.17. The monoisotopic (exact) mass is 854 g/mol. The summed E-state index contributed by atoms with van der Waals surface area (Å²) in [4.78, 5) is 2.39. The van der Waals surface area contributed by atoms with Crippen molar-refractivity contribution < 1.29 is 4.42 Å². The first-order valence-electron chi connectivity index (χ1n) is 22.9. The molecular formula is C64H42N2O. The lowest BCUT2D eigenvalue weighted by atomic mass is 9.95. The van der Waals surface area contributed by atoms with Gasteiger partial charge in [-0.25, -0.2) is 0 Å². The van der Waals surface area contributed by atoms with E-state index in [1.807, 2.05) is 12.1 Å². The maximum absolute atomic E-state index is 6.47. The molecule has 0 bridgehead atoms. The van der Waals surface area contributed by atoms with E-state index in [1.54, 1.807) is 0 Å². The molecule has 0 N–H and O–H groups in total. The van der Waals surface area contributed by atoms with Crippen LogP contribution in [0.2, 0.25) is 0 Å². The Hall–Kier alpha value is -8.92. The Balaban J connectivity index is 0.886. The van der Waals surface area contributed by atoms with Crippen LogP contribution >= 0.6 is 0 Å². The number of para-hydroxylation sites is 6. The largest absolute Gasteiger partial charge is 0.455 e. The van der Waals surface area contributed by atoms with Crippen molar-refractivity contribution in [1.29, 1.82) is 0 Å². The predicted octanol–water partition coefficient (Wildman–Crippen LogP) is 18.0. The first-order chi connectivity index (χ1) is 33.2. The van der Waals surface area contributed by atoms with Crippen LogP contribution in [0.15, 0.2) is 259 Å². The summed E-state index contributed by atoms with van der Waals surface area (Å²) in [6.07, 6.45) is 0. The van der Waals surface area contributed by atoms with Crippen LogP contribution in [-0.4, -0.2) is 4.57 Å². The summed E-state index contributed by atoms with van der Waals surface area (Å²) in [6, 6.07) is 91.8. The average molecular weight is 855 g/mol. The van der Waals surface area contributed by atoms with Crippen LogP contribution < -0.4 is 4.90 Å². The maximum Gasteiger partial charge on any atom is 0.143 e. The molecule has 2 aromatic heterocycles. The third-order valence-corrected chi connectivity index (χ3v) is 13.4. The second-order valence-corrected chi connectivity index (χ2v) is 17.2. The van der Waals surface area contributed by atoms with Gasteiger partial charge in [0, 0.05) is 49.6 Å². The van der Waals surface area contributed by atoms with Crippen LogP contribution in [0.3, 0.4) is 0 Å². The standard InChI is InChI=1S/C64H42N2O/c1-2-17-50-45(15-1)16-13-24-53(50)54-19-4-9-27-60(54)65(49-41-37-47(38-42-49)52-23-14-25-58-57-22-7-12-30-63(57)67-64(52)58)48-39-35-44(36-40-48)43-31-33-46(34-32-43)51-18-3-8-26-59(51)66-61-28-10-5-20-55(61)56-21-6-11-29-62(56)66/h1-42H. The molecule has 0 saturated carbocycles. The van der Waals surface area contributed by atoms with Crippen LogP contribution in [0.4, 0.5) is 17.1 Å². The second kappa shape index (κ2) is 16.0. The van der Waals surface area contributed by atoms with Crippen LogP contribution in [0.5, 0.6) is 0 Å². The number of nitrogens with zero attached hydrogens (tertiary/aromatic N) is 2. The van der Waals surface area contributed by atoms with E-state index in [4.69, 9.17) is 4.42 Å². The average Bonchev–Trinajstić information content (AvgIpc) is 3.95. The zero-order valence-electron chi connectivity index (χ0n) is 36.6. The molecule has 0 aliphatic heterocycles. The fourth-order valence-corrected chi connectivity index (χ4v) is 10.3. The Morgan fingerprint density at radius 3 is 1.49 bits per heavy atom. The predicted molar refractivity (Wildman–Crippen MR) is 282 cm³/mol. The SMILES string of the molecule is c1ccc(N(c2ccc(-c3ccc(-c4ccccc4-n4c5ccccc5c5ccccc54)cc3)cc2)c2ccc(-c3cccc4c3oc3ccccc34)cc2)c(-c2cccc3ccccc23)c1.